The van der Waals surface area contributed by atoms with E-state index in [4.69, 9.17) is 0 Å². The zero-order chi connectivity index (χ0) is 15.3. The summed E-state index contributed by atoms with van der Waals surface area (Å²) in [5.74, 6) is -0.236. The van der Waals surface area contributed by atoms with Gasteiger partial charge in [0.15, 0.2) is 0 Å². The van der Waals surface area contributed by atoms with Gasteiger partial charge in [0.2, 0.25) is 0 Å². The lowest BCUT2D eigenvalue weighted by atomic mass is 10.00. The van der Waals surface area contributed by atoms with Gasteiger partial charge in [0.1, 0.15) is 12.1 Å². The summed E-state index contributed by atoms with van der Waals surface area (Å²) in [5, 5.41) is 3.11. The van der Waals surface area contributed by atoms with Crippen LogP contribution in [-0.2, 0) is 0 Å². The van der Waals surface area contributed by atoms with E-state index in [1.54, 1.807) is 24.5 Å². The highest BCUT2D eigenvalue weighted by molar-refractivity contribution is 5.40. The van der Waals surface area contributed by atoms with E-state index in [-0.39, 0.29) is 5.75 Å². The van der Waals surface area contributed by atoms with Crippen molar-refractivity contribution < 1.29 is 17.9 Å². The Kier molecular flexibility index (Phi) is 4.74. The number of benzene rings is 1. The van der Waals surface area contributed by atoms with Gasteiger partial charge in [-0.05, 0) is 12.6 Å². The molecule has 0 amide bonds. The van der Waals surface area contributed by atoms with Crippen LogP contribution in [0.4, 0.5) is 13.2 Å². The maximum Gasteiger partial charge on any atom is 0.573 e. The Morgan fingerprint density at radius 1 is 1.19 bits per heavy atom. The summed E-state index contributed by atoms with van der Waals surface area (Å²) in [5.41, 5.74) is 1.05. The molecule has 0 radical (unpaired) electrons. The number of rotatable bonds is 5. The number of ether oxygens (including phenoxy) is 1. The minimum Gasteiger partial charge on any atom is -0.405 e. The van der Waals surface area contributed by atoms with E-state index in [9.17, 15) is 13.2 Å². The number of hydrogen-bond donors (Lipinski definition) is 1. The van der Waals surface area contributed by atoms with Crippen molar-refractivity contribution in [3.63, 3.8) is 0 Å². The first kappa shape index (κ1) is 15.2. The number of nitrogens with zero attached hydrogens (tertiary/aromatic N) is 2. The largest absolute Gasteiger partial charge is 0.573 e. The molecule has 2 aromatic rings. The molecule has 4 nitrogen and oxygen atoms in total. The number of alkyl halides is 3. The molecule has 0 aliphatic rings. The average molecular weight is 297 g/mol. The topological polar surface area (TPSA) is 47.0 Å². The van der Waals surface area contributed by atoms with Crippen molar-refractivity contribution in [2.75, 3.05) is 6.54 Å². The third-order valence-electron chi connectivity index (χ3n) is 2.78. The van der Waals surface area contributed by atoms with Crippen LogP contribution in [0.1, 0.15) is 24.1 Å². The number of halogens is 3. The van der Waals surface area contributed by atoms with Crippen LogP contribution in [0.2, 0.25) is 0 Å². The maximum atomic E-state index is 12.5. The Morgan fingerprint density at radius 2 is 1.86 bits per heavy atom. The minimum absolute atomic E-state index is 0.236. The molecule has 1 aromatic heterocycles. The normalized spacial score (nSPS) is 13.0. The highest BCUT2D eigenvalue weighted by atomic mass is 19.4. The van der Waals surface area contributed by atoms with Crippen molar-refractivity contribution in [2.24, 2.45) is 0 Å². The van der Waals surface area contributed by atoms with Gasteiger partial charge < -0.3 is 10.1 Å². The van der Waals surface area contributed by atoms with Crippen molar-refractivity contribution in [3.8, 4) is 5.75 Å². The van der Waals surface area contributed by atoms with Gasteiger partial charge in [0, 0.05) is 23.5 Å². The highest BCUT2D eigenvalue weighted by Crippen LogP contribution is 2.32. The standard InChI is InChI=1S/C14H14F3N3O/c1-2-20-13(10-7-18-9-19-8-10)11-5-3-4-6-12(11)21-14(15,16)17/h3-9,13,20H,2H2,1H3. The van der Waals surface area contributed by atoms with Crippen molar-refractivity contribution in [1.82, 2.24) is 15.3 Å². The van der Waals surface area contributed by atoms with Crippen molar-refractivity contribution in [2.45, 2.75) is 19.3 Å². The van der Waals surface area contributed by atoms with Crippen LogP contribution in [0.25, 0.3) is 0 Å². The number of para-hydroxylation sites is 1. The fraction of sp³-hybridized carbons (Fsp3) is 0.286. The van der Waals surface area contributed by atoms with Crippen LogP contribution in [0.15, 0.2) is 43.0 Å². The third kappa shape index (κ3) is 4.16. The van der Waals surface area contributed by atoms with Crippen molar-refractivity contribution >= 4 is 0 Å². The fourth-order valence-corrected chi connectivity index (χ4v) is 2.01. The van der Waals surface area contributed by atoms with E-state index in [1.165, 1.54) is 18.5 Å². The van der Waals surface area contributed by atoms with Gasteiger partial charge in [-0.25, -0.2) is 9.97 Å². The molecule has 0 saturated carbocycles. The summed E-state index contributed by atoms with van der Waals surface area (Å²) >= 11 is 0. The van der Waals surface area contributed by atoms with E-state index in [2.05, 4.69) is 20.0 Å². The second kappa shape index (κ2) is 6.53. The lowest BCUT2D eigenvalue weighted by Crippen LogP contribution is -2.25. The van der Waals surface area contributed by atoms with E-state index in [1.807, 2.05) is 6.92 Å². The van der Waals surface area contributed by atoms with Crippen molar-refractivity contribution in [1.29, 1.82) is 0 Å². The first-order valence-electron chi connectivity index (χ1n) is 6.34. The lowest BCUT2D eigenvalue weighted by Gasteiger charge is -2.21. The van der Waals surface area contributed by atoms with Gasteiger partial charge in [-0.15, -0.1) is 13.2 Å². The SMILES string of the molecule is CCNC(c1cncnc1)c1ccccc1OC(F)(F)F. The molecular formula is C14H14F3N3O. The Bertz CT molecular complexity index is 575. The molecule has 1 atom stereocenters. The molecule has 0 spiro atoms. The molecule has 0 aliphatic carbocycles. The smallest absolute Gasteiger partial charge is 0.405 e. The summed E-state index contributed by atoms with van der Waals surface area (Å²) in [6.07, 6.45) is -0.250. The average Bonchev–Trinajstić information content (AvgIpc) is 2.45. The molecule has 112 valence electrons. The van der Waals surface area contributed by atoms with Gasteiger partial charge in [0.25, 0.3) is 0 Å². The van der Waals surface area contributed by atoms with Crippen LogP contribution < -0.4 is 10.1 Å². The quantitative estimate of drug-likeness (QED) is 0.921. The molecule has 0 aliphatic heterocycles. The predicted octanol–water partition coefficient (Wildman–Crippen LogP) is 3.07. The number of hydrogen-bond acceptors (Lipinski definition) is 4. The highest BCUT2D eigenvalue weighted by Gasteiger charge is 2.33. The first-order chi connectivity index (χ1) is 10.0. The first-order valence-corrected chi connectivity index (χ1v) is 6.34. The molecule has 1 N–H and O–H groups in total. The lowest BCUT2D eigenvalue weighted by molar-refractivity contribution is -0.275. The van der Waals surface area contributed by atoms with Crippen LogP contribution >= 0.6 is 0 Å². The maximum absolute atomic E-state index is 12.5. The summed E-state index contributed by atoms with van der Waals surface area (Å²) in [6.45, 7) is 2.43. The van der Waals surface area contributed by atoms with Crippen LogP contribution in [0, 0.1) is 0 Å². The number of nitrogens with one attached hydrogen (secondary N) is 1. The van der Waals surface area contributed by atoms with Crippen LogP contribution in [-0.4, -0.2) is 22.9 Å². The van der Waals surface area contributed by atoms with Crippen LogP contribution in [0.3, 0.4) is 0 Å². The Labute approximate surface area is 120 Å². The molecule has 1 heterocycles. The molecule has 1 unspecified atom stereocenters. The Hall–Kier alpha value is -2.15. The second-order valence-electron chi connectivity index (χ2n) is 4.25. The molecule has 0 saturated heterocycles. The molecule has 2 rings (SSSR count). The Morgan fingerprint density at radius 3 is 2.48 bits per heavy atom. The second-order valence-corrected chi connectivity index (χ2v) is 4.25. The zero-order valence-corrected chi connectivity index (χ0v) is 11.3. The summed E-state index contributed by atoms with van der Waals surface area (Å²) in [7, 11) is 0. The summed E-state index contributed by atoms with van der Waals surface area (Å²) in [6, 6.07) is 5.55. The molecule has 7 heteroatoms. The predicted molar refractivity (Wildman–Crippen MR) is 70.7 cm³/mol. The van der Waals surface area contributed by atoms with Gasteiger partial charge in [-0.1, -0.05) is 25.1 Å². The molecule has 21 heavy (non-hydrogen) atoms. The fourth-order valence-electron chi connectivity index (χ4n) is 2.01. The van der Waals surface area contributed by atoms with Gasteiger partial charge in [-0.2, -0.15) is 0 Å². The molecule has 1 aromatic carbocycles. The number of aromatic nitrogens is 2. The van der Waals surface area contributed by atoms with Gasteiger partial charge >= 0.3 is 6.36 Å². The summed E-state index contributed by atoms with van der Waals surface area (Å²) in [4.78, 5) is 7.81. The zero-order valence-electron chi connectivity index (χ0n) is 11.3. The van der Waals surface area contributed by atoms with Crippen molar-refractivity contribution in [3.05, 3.63) is 54.1 Å². The molecule has 0 fully saturated rings. The van der Waals surface area contributed by atoms with Crippen LogP contribution in [0.5, 0.6) is 5.75 Å². The third-order valence-corrected chi connectivity index (χ3v) is 2.78. The molecule has 0 bridgehead atoms. The van der Waals surface area contributed by atoms with E-state index < -0.39 is 12.4 Å². The monoisotopic (exact) mass is 297 g/mol. The van der Waals surface area contributed by atoms with E-state index >= 15 is 0 Å². The minimum atomic E-state index is -4.74. The molecular weight excluding hydrogens is 283 g/mol. The van der Waals surface area contributed by atoms with Gasteiger partial charge in [0.05, 0.1) is 6.04 Å². The van der Waals surface area contributed by atoms with Gasteiger partial charge in [-0.3, -0.25) is 0 Å². The summed E-state index contributed by atoms with van der Waals surface area (Å²) < 4.78 is 41.6. The Balaban J connectivity index is 2.41. The van der Waals surface area contributed by atoms with E-state index in [0.29, 0.717) is 17.7 Å². The van der Waals surface area contributed by atoms with E-state index in [0.717, 1.165) is 0 Å².